The Balaban J connectivity index is 1.69. The zero-order valence-electron chi connectivity index (χ0n) is 12.7. The van der Waals surface area contributed by atoms with E-state index in [9.17, 15) is 0 Å². The van der Waals surface area contributed by atoms with Gasteiger partial charge in [-0.25, -0.2) is 0 Å². The molecule has 1 fully saturated rings. The molecule has 3 rings (SSSR count). The standard InChI is InChI=1S/C18H23N3O/c19-14-5-1-12(2-6-14)13-3-8-16(9-4-13)22-18-10-7-15(20)11-17(18)21/h3-4,7-12,14H,1-2,5-6,19-21H2. The van der Waals surface area contributed by atoms with Gasteiger partial charge in [-0.1, -0.05) is 12.1 Å². The predicted molar refractivity (Wildman–Crippen MR) is 91.0 cm³/mol. The highest BCUT2D eigenvalue weighted by molar-refractivity contribution is 5.61. The van der Waals surface area contributed by atoms with Crippen molar-refractivity contribution in [3.05, 3.63) is 48.0 Å². The highest BCUT2D eigenvalue weighted by Gasteiger charge is 2.19. The highest BCUT2D eigenvalue weighted by atomic mass is 16.5. The summed E-state index contributed by atoms with van der Waals surface area (Å²) in [6, 6.07) is 13.9. The average Bonchev–Trinajstić information content (AvgIpc) is 2.52. The first-order valence-electron chi connectivity index (χ1n) is 7.80. The van der Waals surface area contributed by atoms with Crippen LogP contribution >= 0.6 is 0 Å². The molecule has 0 bridgehead atoms. The molecule has 4 heteroatoms. The first kappa shape index (κ1) is 14.7. The molecule has 0 aliphatic heterocycles. The SMILES string of the molecule is Nc1ccc(Oc2ccc(C3CCC(N)CC3)cc2)c(N)c1. The Labute approximate surface area is 131 Å². The molecule has 6 N–H and O–H groups in total. The summed E-state index contributed by atoms with van der Waals surface area (Å²) in [5.74, 6) is 2.04. The lowest BCUT2D eigenvalue weighted by Crippen LogP contribution is -2.25. The van der Waals surface area contributed by atoms with Crippen molar-refractivity contribution >= 4 is 11.4 Å². The largest absolute Gasteiger partial charge is 0.455 e. The second-order valence-electron chi connectivity index (χ2n) is 6.08. The van der Waals surface area contributed by atoms with E-state index in [2.05, 4.69) is 12.1 Å². The summed E-state index contributed by atoms with van der Waals surface area (Å²) < 4.78 is 5.82. The maximum atomic E-state index is 5.97. The van der Waals surface area contributed by atoms with Crippen molar-refractivity contribution < 1.29 is 4.74 Å². The van der Waals surface area contributed by atoms with E-state index in [4.69, 9.17) is 21.9 Å². The molecule has 0 aromatic heterocycles. The summed E-state index contributed by atoms with van der Waals surface area (Å²) in [4.78, 5) is 0. The molecule has 1 aliphatic carbocycles. The molecule has 116 valence electrons. The molecule has 0 unspecified atom stereocenters. The molecule has 0 spiro atoms. The molecular formula is C18H23N3O. The van der Waals surface area contributed by atoms with Gasteiger partial charge in [-0.05, 0) is 67.5 Å². The number of hydrogen-bond acceptors (Lipinski definition) is 4. The molecule has 1 aliphatic rings. The molecule has 0 saturated heterocycles. The van der Waals surface area contributed by atoms with E-state index >= 15 is 0 Å². The van der Waals surface area contributed by atoms with Crippen molar-refractivity contribution in [1.29, 1.82) is 0 Å². The number of hydrogen-bond donors (Lipinski definition) is 3. The summed E-state index contributed by atoms with van der Waals surface area (Å²) in [7, 11) is 0. The van der Waals surface area contributed by atoms with Gasteiger partial charge in [0.05, 0.1) is 5.69 Å². The van der Waals surface area contributed by atoms with Crippen molar-refractivity contribution in [2.75, 3.05) is 11.5 Å². The summed E-state index contributed by atoms with van der Waals surface area (Å²) in [6.07, 6.45) is 4.58. The second kappa shape index (κ2) is 6.28. The molecule has 22 heavy (non-hydrogen) atoms. The quantitative estimate of drug-likeness (QED) is 0.755. The molecule has 1 saturated carbocycles. The van der Waals surface area contributed by atoms with Crippen LogP contribution in [0.5, 0.6) is 11.5 Å². The predicted octanol–water partition coefficient (Wildman–Crippen LogP) is 3.63. The molecule has 0 radical (unpaired) electrons. The van der Waals surface area contributed by atoms with Gasteiger partial charge in [0.25, 0.3) is 0 Å². The number of benzene rings is 2. The topological polar surface area (TPSA) is 87.3 Å². The van der Waals surface area contributed by atoms with E-state index in [1.165, 1.54) is 18.4 Å². The maximum Gasteiger partial charge on any atom is 0.150 e. The Hall–Kier alpha value is -2.20. The Morgan fingerprint density at radius 2 is 1.55 bits per heavy atom. The van der Waals surface area contributed by atoms with Crippen LogP contribution in [-0.2, 0) is 0 Å². The monoisotopic (exact) mass is 297 g/mol. The number of anilines is 2. The lowest BCUT2D eigenvalue weighted by molar-refractivity contribution is 0.395. The lowest BCUT2D eigenvalue weighted by atomic mass is 9.82. The molecule has 0 atom stereocenters. The minimum atomic E-state index is 0.382. The fourth-order valence-electron chi connectivity index (χ4n) is 3.05. The summed E-state index contributed by atoms with van der Waals surface area (Å²) in [5.41, 5.74) is 20.1. The van der Waals surface area contributed by atoms with E-state index in [-0.39, 0.29) is 0 Å². The van der Waals surface area contributed by atoms with Gasteiger partial charge in [0.1, 0.15) is 11.5 Å². The molecular weight excluding hydrogens is 274 g/mol. The minimum absolute atomic E-state index is 0.382. The van der Waals surface area contributed by atoms with Crippen LogP contribution in [0.1, 0.15) is 37.2 Å². The van der Waals surface area contributed by atoms with Crippen LogP contribution in [0.25, 0.3) is 0 Å². The molecule has 2 aromatic carbocycles. The van der Waals surface area contributed by atoms with Crippen molar-refractivity contribution in [3.63, 3.8) is 0 Å². The molecule has 4 nitrogen and oxygen atoms in total. The Kier molecular flexibility index (Phi) is 4.20. The fourth-order valence-corrected chi connectivity index (χ4v) is 3.05. The average molecular weight is 297 g/mol. The number of rotatable bonds is 3. The van der Waals surface area contributed by atoms with Gasteiger partial charge in [0.15, 0.2) is 0 Å². The Morgan fingerprint density at radius 3 is 2.18 bits per heavy atom. The van der Waals surface area contributed by atoms with Gasteiger partial charge in [-0.15, -0.1) is 0 Å². The van der Waals surface area contributed by atoms with Crippen LogP contribution < -0.4 is 21.9 Å². The minimum Gasteiger partial charge on any atom is -0.455 e. The summed E-state index contributed by atoms with van der Waals surface area (Å²) in [6.45, 7) is 0. The maximum absolute atomic E-state index is 5.97. The second-order valence-corrected chi connectivity index (χ2v) is 6.08. The highest BCUT2D eigenvalue weighted by Crippen LogP contribution is 2.34. The van der Waals surface area contributed by atoms with Crippen LogP contribution in [0.2, 0.25) is 0 Å². The first-order valence-corrected chi connectivity index (χ1v) is 7.80. The number of ether oxygens (including phenoxy) is 1. The number of nitrogens with two attached hydrogens (primary N) is 3. The van der Waals surface area contributed by atoms with E-state index < -0.39 is 0 Å². The zero-order valence-corrected chi connectivity index (χ0v) is 12.7. The summed E-state index contributed by atoms with van der Waals surface area (Å²) >= 11 is 0. The van der Waals surface area contributed by atoms with Crippen molar-refractivity contribution in [1.82, 2.24) is 0 Å². The van der Waals surface area contributed by atoms with Gasteiger partial charge in [0, 0.05) is 11.7 Å². The number of nitrogen functional groups attached to an aromatic ring is 2. The van der Waals surface area contributed by atoms with E-state index in [1.54, 1.807) is 18.2 Å². The smallest absolute Gasteiger partial charge is 0.150 e. The lowest BCUT2D eigenvalue weighted by Gasteiger charge is -2.26. The normalized spacial score (nSPS) is 21.5. The third kappa shape index (κ3) is 3.34. The fraction of sp³-hybridized carbons (Fsp3) is 0.333. The van der Waals surface area contributed by atoms with Crippen LogP contribution in [-0.4, -0.2) is 6.04 Å². The van der Waals surface area contributed by atoms with Crippen molar-refractivity contribution in [2.45, 2.75) is 37.6 Å². The molecule has 2 aromatic rings. The van der Waals surface area contributed by atoms with Crippen LogP contribution in [0, 0.1) is 0 Å². The van der Waals surface area contributed by atoms with Gasteiger partial charge >= 0.3 is 0 Å². The van der Waals surface area contributed by atoms with Gasteiger partial charge in [0.2, 0.25) is 0 Å². The van der Waals surface area contributed by atoms with E-state index in [1.807, 2.05) is 12.1 Å². The Bertz CT molecular complexity index is 631. The third-order valence-corrected chi connectivity index (χ3v) is 4.38. The Morgan fingerprint density at radius 1 is 0.864 bits per heavy atom. The van der Waals surface area contributed by atoms with Gasteiger partial charge < -0.3 is 21.9 Å². The zero-order chi connectivity index (χ0) is 15.5. The molecule has 0 heterocycles. The van der Waals surface area contributed by atoms with Crippen LogP contribution in [0.4, 0.5) is 11.4 Å². The third-order valence-electron chi connectivity index (χ3n) is 4.38. The van der Waals surface area contributed by atoms with Crippen LogP contribution in [0.3, 0.4) is 0 Å². The summed E-state index contributed by atoms with van der Waals surface area (Å²) in [5, 5.41) is 0. The first-order chi connectivity index (χ1) is 10.6. The van der Waals surface area contributed by atoms with E-state index in [0.29, 0.717) is 29.1 Å². The molecule has 0 amide bonds. The van der Waals surface area contributed by atoms with Crippen molar-refractivity contribution in [3.8, 4) is 11.5 Å². The van der Waals surface area contributed by atoms with E-state index in [0.717, 1.165) is 18.6 Å². The van der Waals surface area contributed by atoms with Gasteiger partial charge in [-0.3, -0.25) is 0 Å². The van der Waals surface area contributed by atoms with Crippen molar-refractivity contribution in [2.24, 2.45) is 5.73 Å². The van der Waals surface area contributed by atoms with Gasteiger partial charge in [-0.2, -0.15) is 0 Å². The van der Waals surface area contributed by atoms with Crippen LogP contribution in [0.15, 0.2) is 42.5 Å².